The molecule has 0 bridgehead atoms. The van der Waals surface area contributed by atoms with Crippen LogP contribution < -0.4 is 16.2 Å². The number of amides is 1. The molecule has 0 radical (unpaired) electrons. The lowest BCUT2D eigenvalue weighted by Gasteiger charge is -2.14. The van der Waals surface area contributed by atoms with E-state index >= 15 is 0 Å². The summed E-state index contributed by atoms with van der Waals surface area (Å²) in [7, 11) is 0. The molecule has 0 spiro atoms. The Morgan fingerprint density at radius 3 is 3.04 bits per heavy atom. The number of benzene rings is 1. The first-order valence-corrected chi connectivity index (χ1v) is 7.66. The highest BCUT2D eigenvalue weighted by atomic mass is 16.3. The van der Waals surface area contributed by atoms with E-state index in [0.717, 1.165) is 5.56 Å². The lowest BCUT2D eigenvalue weighted by atomic mass is 10.1. The van der Waals surface area contributed by atoms with Gasteiger partial charge in [-0.05, 0) is 18.6 Å². The summed E-state index contributed by atoms with van der Waals surface area (Å²) in [5.41, 5.74) is 1.37. The number of nitrogens with one attached hydrogen (secondary N) is 2. The number of para-hydroxylation sites is 1. The molecule has 0 saturated carbocycles. The zero-order chi connectivity index (χ0) is 16.4. The summed E-state index contributed by atoms with van der Waals surface area (Å²) in [4.78, 5) is 28.7. The maximum Gasteiger partial charge on any atom is 0.261 e. The number of nitrogens with zero attached hydrogens (tertiary/aromatic N) is 2. The van der Waals surface area contributed by atoms with Crippen LogP contribution in [0.5, 0.6) is 0 Å². The largest absolute Gasteiger partial charge is 0.391 e. The highest BCUT2D eigenvalue weighted by molar-refractivity contribution is 5.81. The predicted octanol–water partition coefficient (Wildman–Crippen LogP) is -0.599. The van der Waals surface area contributed by atoms with E-state index in [2.05, 4.69) is 15.6 Å². The minimum atomic E-state index is -0.441. The predicted molar refractivity (Wildman–Crippen MR) is 86.1 cm³/mol. The van der Waals surface area contributed by atoms with E-state index in [0.29, 0.717) is 30.5 Å². The van der Waals surface area contributed by atoms with Crippen LogP contribution in [0.4, 0.5) is 0 Å². The Labute approximate surface area is 133 Å². The minimum absolute atomic E-state index is 0.00745. The number of fused-ring (bicyclic) bond motifs is 1. The summed E-state index contributed by atoms with van der Waals surface area (Å²) in [5, 5.41) is 16.0. The number of aliphatic hydroxyl groups is 1. The lowest BCUT2D eigenvalue weighted by molar-refractivity contribution is -0.122. The van der Waals surface area contributed by atoms with E-state index in [4.69, 9.17) is 0 Å². The van der Waals surface area contributed by atoms with Crippen molar-refractivity contribution in [3.05, 3.63) is 40.4 Å². The van der Waals surface area contributed by atoms with E-state index in [9.17, 15) is 14.7 Å². The molecule has 1 fully saturated rings. The third kappa shape index (κ3) is 3.25. The molecule has 1 aliphatic heterocycles. The van der Waals surface area contributed by atoms with Crippen LogP contribution in [0, 0.1) is 12.8 Å². The molecule has 7 nitrogen and oxygen atoms in total. The molecule has 2 unspecified atom stereocenters. The summed E-state index contributed by atoms with van der Waals surface area (Å²) in [5.74, 6) is -0.256. The number of aryl methyl sites for hydroxylation is 1. The molecule has 7 heteroatoms. The molecule has 1 aliphatic rings. The summed E-state index contributed by atoms with van der Waals surface area (Å²) in [6, 6.07) is 5.42. The van der Waals surface area contributed by atoms with Crippen LogP contribution in [0.3, 0.4) is 0 Å². The standard InChI is InChI=1S/C16H20N4O3/c1-10-3-2-4-12-15(10)19-9-20(16(12)23)8-14(22)18-6-11-5-17-7-13(11)21/h2-4,9,11,13,17,21H,5-8H2,1H3,(H,18,22). The fourth-order valence-electron chi connectivity index (χ4n) is 2.83. The molecule has 1 amide bonds. The van der Waals surface area contributed by atoms with E-state index in [1.165, 1.54) is 10.9 Å². The van der Waals surface area contributed by atoms with E-state index in [-0.39, 0.29) is 23.9 Å². The topological polar surface area (TPSA) is 96.2 Å². The Bertz CT molecular complexity index is 786. The average Bonchev–Trinajstić information content (AvgIpc) is 2.94. The molecule has 0 aliphatic carbocycles. The summed E-state index contributed by atoms with van der Waals surface area (Å²) < 4.78 is 1.31. The number of hydrogen-bond acceptors (Lipinski definition) is 5. The molecule has 122 valence electrons. The van der Waals surface area contributed by atoms with Gasteiger partial charge in [0.05, 0.1) is 23.3 Å². The van der Waals surface area contributed by atoms with Crippen LogP contribution in [0.25, 0.3) is 10.9 Å². The molecule has 23 heavy (non-hydrogen) atoms. The van der Waals surface area contributed by atoms with Gasteiger partial charge < -0.3 is 15.7 Å². The van der Waals surface area contributed by atoms with Crippen LogP contribution in [0.15, 0.2) is 29.3 Å². The first kappa shape index (κ1) is 15.6. The Morgan fingerprint density at radius 1 is 1.48 bits per heavy atom. The van der Waals surface area contributed by atoms with Gasteiger partial charge in [-0.25, -0.2) is 4.98 Å². The molecule has 2 heterocycles. The normalized spacial score (nSPS) is 20.8. The maximum absolute atomic E-state index is 12.4. The summed E-state index contributed by atoms with van der Waals surface area (Å²) in [6.07, 6.45) is 0.965. The molecule has 3 N–H and O–H groups in total. The molecule has 1 saturated heterocycles. The Morgan fingerprint density at radius 2 is 2.30 bits per heavy atom. The first-order valence-electron chi connectivity index (χ1n) is 7.66. The van der Waals surface area contributed by atoms with Crippen LogP contribution in [-0.2, 0) is 11.3 Å². The highest BCUT2D eigenvalue weighted by Gasteiger charge is 2.25. The van der Waals surface area contributed by atoms with Crippen LogP contribution in [-0.4, -0.2) is 46.3 Å². The van der Waals surface area contributed by atoms with Crippen molar-refractivity contribution in [3.8, 4) is 0 Å². The van der Waals surface area contributed by atoms with Crippen molar-refractivity contribution >= 4 is 16.8 Å². The van der Waals surface area contributed by atoms with Crippen molar-refractivity contribution in [2.24, 2.45) is 5.92 Å². The third-order valence-electron chi connectivity index (χ3n) is 4.23. The van der Waals surface area contributed by atoms with Crippen molar-refractivity contribution < 1.29 is 9.90 Å². The fraction of sp³-hybridized carbons (Fsp3) is 0.438. The first-order chi connectivity index (χ1) is 11.1. The van der Waals surface area contributed by atoms with Crippen LogP contribution in [0.2, 0.25) is 0 Å². The van der Waals surface area contributed by atoms with Gasteiger partial charge in [0, 0.05) is 25.6 Å². The second kappa shape index (κ2) is 6.47. The van der Waals surface area contributed by atoms with Gasteiger partial charge in [-0.3, -0.25) is 14.2 Å². The van der Waals surface area contributed by atoms with Gasteiger partial charge in [0.1, 0.15) is 6.54 Å². The Hall–Kier alpha value is -2.25. The lowest BCUT2D eigenvalue weighted by Crippen LogP contribution is -2.37. The fourth-order valence-corrected chi connectivity index (χ4v) is 2.83. The zero-order valence-electron chi connectivity index (χ0n) is 13.0. The van der Waals surface area contributed by atoms with Gasteiger partial charge in [0.15, 0.2) is 0 Å². The van der Waals surface area contributed by atoms with Crippen LogP contribution >= 0.6 is 0 Å². The van der Waals surface area contributed by atoms with Gasteiger partial charge in [-0.2, -0.15) is 0 Å². The van der Waals surface area contributed by atoms with Gasteiger partial charge in [-0.1, -0.05) is 12.1 Å². The van der Waals surface area contributed by atoms with E-state index in [1.54, 1.807) is 12.1 Å². The summed E-state index contributed by atoms with van der Waals surface area (Å²) >= 11 is 0. The van der Waals surface area contributed by atoms with Crippen molar-refractivity contribution in [2.45, 2.75) is 19.6 Å². The quantitative estimate of drug-likeness (QED) is 0.700. The van der Waals surface area contributed by atoms with Crippen LogP contribution in [0.1, 0.15) is 5.56 Å². The average molecular weight is 316 g/mol. The van der Waals surface area contributed by atoms with E-state index < -0.39 is 6.10 Å². The van der Waals surface area contributed by atoms with Crippen molar-refractivity contribution in [3.63, 3.8) is 0 Å². The number of aromatic nitrogens is 2. The second-order valence-electron chi connectivity index (χ2n) is 5.94. The van der Waals surface area contributed by atoms with E-state index in [1.807, 2.05) is 13.0 Å². The van der Waals surface area contributed by atoms with Gasteiger partial charge >= 0.3 is 0 Å². The monoisotopic (exact) mass is 316 g/mol. The number of rotatable bonds is 4. The maximum atomic E-state index is 12.4. The molecule has 3 rings (SSSR count). The molecule has 2 aromatic rings. The SMILES string of the molecule is Cc1cccc2c(=O)n(CC(=O)NCC3CNCC3O)cnc12. The summed E-state index contributed by atoms with van der Waals surface area (Å²) in [6.45, 7) is 3.44. The molecule has 1 aromatic carbocycles. The molecular weight excluding hydrogens is 296 g/mol. The highest BCUT2D eigenvalue weighted by Crippen LogP contribution is 2.11. The van der Waals surface area contributed by atoms with Gasteiger partial charge in [-0.15, -0.1) is 0 Å². The zero-order valence-corrected chi connectivity index (χ0v) is 13.0. The minimum Gasteiger partial charge on any atom is -0.391 e. The number of aliphatic hydroxyl groups excluding tert-OH is 1. The number of carbonyl (C=O) groups is 1. The van der Waals surface area contributed by atoms with Crippen molar-refractivity contribution in [1.29, 1.82) is 0 Å². The molecule has 1 aromatic heterocycles. The molecular formula is C16H20N4O3. The number of hydrogen-bond donors (Lipinski definition) is 3. The van der Waals surface area contributed by atoms with Gasteiger partial charge in [0.25, 0.3) is 5.56 Å². The Kier molecular flexibility index (Phi) is 4.40. The third-order valence-corrected chi connectivity index (χ3v) is 4.23. The van der Waals surface area contributed by atoms with Crippen molar-refractivity contribution in [1.82, 2.24) is 20.2 Å². The number of β-amino-alcohol motifs (C(OH)–C–C–N with tert-alkyl or cyclic N) is 1. The molecule has 2 atom stereocenters. The number of carbonyl (C=O) groups excluding carboxylic acids is 1. The van der Waals surface area contributed by atoms with Crippen molar-refractivity contribution in [2.75, 3.05) is 19.6 Å². The van der Waals surface area contributed by atoms with Gasteiger partial charge in [0.2, 0.25) is 5.91 Å². The smallest absolute Gasteiger partial charge is 0.261 e. The second-order valence-corrected chi connectivity index (χ2v) is 5.94. The Balaban J connectivity index is 1.70.